The van der Waals surface area contributed by atoms with Crippen molar-refractivity contribution >= 4 is 15.9 Å². The van der Waals surface area contributed by atoms with Gasteiger partial charge in [-0.25, -0.2) is 13.8 Å². The Morgan fingerprint density at radius 1 is 1.57 bits per heavy atom. The fourth-order valence-electron chi connectivity index (χ4n) is 1.03. The molecule has 0 aliphatic rings. The second-order valence-electron chi connectivity index (χ2n) is 3.47. The summed E-state index contributed by atoms with van der Waals surface area (Å²) in [7, 11) is 0. The Bertz CT molecular complexity index is 298. The average molecular weight is 265 g/mol. The molecule has 0 fully saturated rings. The van der Waals surface area contributed by atoms with E-state index in [-0.39, 0.29) is 6.42 Å². The van der Waals surface area contributed by atoms with Crippen molar-refractivity contribution in [1.29, 1.82) is 0 Å². The molecule has 0 saturated heterocycles. The summed E-state index contributed by atoms with van der Waals surface area (Å²) in [6, 6.07) is 3.43. The van der Waals surface area contributed by atoms with E-state index in [1.54, 1.807) is 12.1 Å². The lowest BCUT2D eigenvalue weighted by atomic mass is 9.95. The maximum atomic E-state index is 12.4. The van der Waals surface area contributed by atoms with E-state index in [0.29, 0.717) is 10.2 Å². The van der Waals surface area contributed by atoms with Crippen LogP contribution in [0.3, 0.4) is 0 Å². The van der Waals surface area contributed by atoms with Gasteiger partial charge in [0.05, 0.1) is 5.54 Å². The predicted molar refractivity (Wildman–Crippen MR) is 54.2 cm³/mol. The van der Waals surface area contributed by atoms with Gasteiger partial charge in [0.15, 0.2) is 0 Å². The third kappa shape index (κ3) is 2.99. The molecule has 14 heavy (non-hydrogen) atoms. The minimum absolute atomic E-state index is 0.116. The Balaban J connectivity index is 2.74. The van der Waals surface area contributed by atoms with Crippen LogP contribution in [0.2, 0.25) is 0 Å². The van der Waals surface area contributed by atoms with E-state index in [0.717, 1.165) is 0 Å². The number of hydrogen-bond acceptors (Lipinski definition) is 2. The highest BCUT2D eigenvalue weighted by Crippen LogP contribution is 2.18. The molecule has 0 spiro atoms. The number of nitrogens with zero attached hydrogens (tertiary/aromatic N) is 1. The van der Waals surface area contributed by atoms with Gasteiger partial charge in [-0.05, 0) is 40.9 Å². The van der Waals surface area contributed by atoms with Crippen molar-refractivity contribution < 1.29 is 8.78 Å². The standard InChI is InChI=1S/C9H11BrF2N2/c1-9(13,8(11)12)4-6-2-3-7(10)14-5-6/h2-3,5,8H,4,13H2,1H3. The second-order valence-corrected chi connectivity index (χ2v) is 4.28. The lowest BCUT2D eigenvalue weighted by Crippen LogP contribution is -2.45. The highest BCUT2D eigenvalue weighted by atomic mass is 79.9. The second kappa shape index (κ2) is 4.31. The molecule has 0 aromatic carbocycles. The molecule has 0 bridgehead atoms. The van der Waals surface area contributed by atoms with E-state index >= 15 is 0 Å². The molecule has 0 radical (unpaired) electrons. The molecular weight excluding hydrogens is 254 g/mol. The Hall–Kier alpha value is -0.550. The largest absolute Gasteiger partial charge is 0.320 e. The molecule has 1 unspecified atom stereocenters. The number of halogens is 3. The monoisotopic (exact) mass is 264 g/mol. The van der Waals surface area contributed by atoms with Gasteiger partial charge in [-0.3, -0.25) is 0 Å². The van der Waals surface area contributed by atoms with E-state index in [4.69, 9.17) is 5.73 Å². The van der Waals surface area contributed by atoms with E-state index < -0.39 is 12.0 Å². The summed E-state index contributed by atoms with van der Waals surface area (Å²) in [5.74, 6) is 0. The van der Waals surface area contributed by atoms with Crippen LogP contribution in [0.1, 0.15) is 12.5 Å². The maximum Gasteiger partial charge on any atom is 0.256 e. The normalized spacial score (nSPS) is 15.6. The molecule has 0 aliphatic carbocycles. The topological polar surface area (TPSA) is 38.9 Å². The fourth-order valence-corrected chi connectivity index (χ4v) is 1.26. The van der Waals surface area contributed by atoms with Gasteiger partial charge >= 0.3 is 0 Å². The molecule has 0 saturated carbocycles. The molecule has 1 rings (SSSR count). The van der Waals surface area contributed by atoms with Gasteiger partial charge in [-0.1, -0.05) is 6.07 Å². The van der Waals surface area contributed by atoms with Crippen LogP contribution in [0.15, 0.2) is 22.9 Å². The number of alkyl halides is 2. The minimum Gasteiger partial charge on any atom is -0.320 e. The average Bonchev–Trinajstić information content (AvgIpc) is 2.08. The molecular formula is C9H11BrF2N2. The number of rotatable bonds is 3. The van der Waals surface area contributed by atoms with Crippen LogP contribution in [0.25, 0.3) is 0 Å². The Labute approximate surface area is 89.6 Å². The summed E-state index contributed by atoms with van der Waals surface area (Å²) in [6.45, 7) is 1.33. The highest BCUT2D eigenvalue weighted by Gasteiger charge is 2.30. The van der Waals surface area contributed by atoms with Crippen LogP contribution in [0, 0.1) is 0 Å². The zero-order valence-electron chi connectivity index (χ0n) is 7.67. The van der Waals surface area contributed by atoms with Gasteiger partial charge in [0.1, 0.15) is 4.60 Å². The first-order valence-corrected chi connectivity index (χ1v) is 4.88. The molecule has 1 aromatic heterocycles. The molecule has 2 nitrogen and oxygen atoms in total. The van der Waals surface area contributed by atoms with Crippen molar-refractivity contribution in [3.63, 3.8) is 0 Å². The Morgan fingerprint density at radius 3 is 2.64 bits per heavy atom. The predicted octanol–water partition coefficient (Wildman–Crippen LogP) is 2.37. The van der Waals surface area contributed by atoms with E-state index in [1.165, 1.54) is 13.1 Å². The first-order chi connectivity index (χ1) is 6.42. The quantitative estimate of drug-likeness (QED) is 0.852. The molecule has 0 amide bonds. The third-order valence-electron chi connectivity index (χ3n) is 1.87. The zero-order chi connectivity index (χ0) is 10.8. The van der Waals surface area contributed by atoms with Crippen LogP contribution in [-0.2, 0) is 6.42 Å². The van der Waals surface area contributed by atoms with Gasteiger partial charge in [0, 0.05) is 6.20 Å². The van der Waals surface area contributed by atoms with Crippen molar-refractivity contribution in [3.05, 3.63) is 28.5 Å². The highest BCUT2D eigenvalue weighted by molar-refractivity contribution is 9.10. The molecule has 0 aliphatic heterocycles. The summed E-state index contributed by atoms with van der Waals surface area (Å²) in [6.07, 6.45) is -0.881. The third-order valence-corrected chi connectivity index (χ3v) is 2.34. The number of hydrogen-bond donors (Lipinski definition) is 1. The van der Waals surface area contributed by atoms with Crippen molar-refractivity contribution in [2.75, 3.05) is 0 Å². The summed E-state index contributed by atoms with van der Waals surface area (Å²) in [5, 5.41) is 0. The van der Waals surface area contributed by atoms with Crippen molar-refractivity contribution in [1.82, 2.24) is 4.98 Å². The SMILES string of the molecule is CC(N)(Cc1ccc(Br)nc1)C(F)F. The van der Waals surface area contributed by atoms with Gasteiger partial charge in [0.25, 0.3) is 6.43 Å². The first-order valence-electron chi connectivity index (χ1n) is 4.09. The van der Waals surface area contributed by atoms with Crippen LogP contribution in [0.5, 0.6) is 0 Å². The van der Waals surface area contributed by atoms with Crippen LogP contribution >= 0.6 is 15.9 Å². The first kappa shape index (κ1) is 11.5. The molecule has 1 aromatic rings. The molecule has 1 heterocycles. The Morgan fingerprint density at radius 2 is 2.21 bits per heavy atom. The van der Waals surface area contributed by atoms with Crippen LogP contribution in [-0.4, -0.2) is 16.9 Å². The summed E-state index contributed by atoms with van der Waals surface area (Å²) in [4.78, 5) is 3.94. The molecule has 78 valence electrons. The summed E-state index contributed by atoms with van der Waals surface area (Å²) < 4.78 is 25.5. The molecule has 5 heteroatoms. The van der Waals surface area contributed by atoms with E-state index in [1.807, 2.05) is 0 Å². The smallest absolute Gasteiger partial charge is 0.256 e. The summed E-state index contributed by atoms with van der Waals surface area (Å²) in [5.41, 5.74) is 4.66. The summed E-state index contributed by atoms with van der Waals surface area (Å²) >= 11 is 3.16. The fraction of sp³-hybridized carbons (Fsp3) is 0.444. The number of pyridine rings is 1. The van der Waals surface area contributed by atoms with Crippen molar-refractivity contribution in [2.45, 2.75) is 25.3 Å². The molecule has 1 atom stereocenters. The maximum absolute atomic E-state index is 12.4. The number of nitrogens with two attached hydrogens (primary N) is 1. The van der Waals surface area contributed by atoms with Crippen molar-refractivity contribution in [3.8, 4) is 0 Å². The van der Waals surface area contributed by atoms with Gasteiger partial charge < -0.3 is 5.73 Å². The molecule has 2 N–H and O–H groups in total. The van der Waals surface area contributed by atoms with Crippen molar-refractivity contribution in [2.24, 2.45) is 5.73 Å². The van der Waals surface area contributed by atoms with Gasteiger partial charge in [0.2, 0.25) is 0 Å². The van der Waals surface area contributed by atoms with Crippen LogP contribution in [0.4, 0.5) is 8.78 Å². The zero-order valence-corrected chi connectivity index (χ0v) is 9.26. The number of aromatic nitrogens is 1. The van der Waals surface area contributed by atoms with E-state index in [2.05, 4.69) is 20.9 Å². The van der Waals surface area contributed by atoms with Gasteiger partial charge in [-0.2, -0.15) is 0 Å². The lowest BCUT2D eigenvalue weighted by molar-refractivity contribution is 0.0639. The Kier molecular flexibility index (Phi) is 3.55. The minimum atomic E-state index is -2.54. The van der Waals surface area contributed by atoms with Gasteiger partial charge in [-0.15, -0.1) is 0 Å². The lowest BCUT2D eigenvalue weighted by Gasteiger charge is -2.23. The van der Waals surface area contributed by atoms with Crippen LogP contribution < -0.4 is 5.73 Å². The van der Waals surface area contributed by atoms with E-state index in [9.17, 15) is 8.78 Å².